The van der Waals surface area contributed by atoms with Crippen LogP contribution in [-0.4, -0.2) is 10.8 Å². The zero-order valence-electron chi connectivity index (χ0n) is 15.1. The molecule has 1 heterocycles. The molecule has 0 bridgehead atoms. The lowest BCUT2D eigenvalue weighted by Crippen LogP contribution is -2.18. The molecule has 1 aromatic heterocycles. The molecule has 0 atom stereocenters. The van der Waals surface area contributed by atoms with Gasteiger partial charge in [0.1, 0.15) is 17.2 Å². The Balaban J connectivity index is 1.99. The van der Waals surface area contributed by atoms with E-state index in [0.717, 1.165) is 11.1 Å². The van der Waals surface area contributed by atoms with Crippen LogP contribution in [0.3, 0.4) is 0 Å². The smallest absolute Gasteiger partial charge is 0.202 e. The quantitative estimate of drug-likeness (QED) is 0.479. The largest absolute Gasteiger partial charge is 0.341 e. The van der Waals surface area contributed by atoms with Crippen LogP contribution in [0.4, 0.5) is 15.9 Å². The van der Waals surface area contributed by atoms with Crippen molar-refractivity contribution in [2.45, 2.75) is 6.92 Å². The van der Waals surface area contributed by atoms with Crippen molar-refractivity contribution >= 4 is 28.2 Å². The fourth-order valence-electron chi connectivity index (χ4n) is 3.31. The molecule has 0 aliphatic heterocycles. The predicted octanol–water partition coefficient (Wildman–Crippen LogP) is 5.28. The maximum absolute atomic E-state index is 13.6. The van der Waals surface area contributed by atoms with Gasteiger partial charge < -0.3 is 10.3 Å². The lowest BCUT2D eigenvalue weighted by molar-refractivity contribution is 0.101. The van der Waals surface area contributed by atoms with E-state index in [9.17, 15) is 14.0 Å². The van der Waals surface area contributed by atoms with E-state index in [0.29, 0.717) is 16.6 Å². The number of anilines is 2. The number of benzene rings is 3. The molecule has 0 aliphatic carbocycles. The number of hydrogen-bond donors (Lipinski definition) is 2. The van der Waals surface area contributed by atoms with E-state index in [4.69, 9.17) is 0 Å². The molecule has 0 aliphatic rings. The molecule has 4 nitrogen and oxygen atoms in total. The first kappa shape index (κ1) is 17.7. The van der Waals surface area contributed by atoms with Crippen LogP contribution in [0.2, 0.25) is 0 Å². The SMILES string of the molecule is CC(=O)c1c(Nc2cccc(F)c2)[nH]c2c(-c3ccccc3)cccc2c1=O. The first-order chi connectivity index (χ1) is 13.5. The maximum atomic E-state index is 13.6. The average molecular weight is 372 g/mol. The predicted molar refractivity (Wildman–Crippen MR) is 110 cm³/mol. The molecule has 5 heteroatoms. The highest BCUT2D eigenvalue weighted by Crippen LogP contribution is 2.29. The number of para-hydroxylation sites is 1. The number of hydrogen-bond acceptors (Lipinski definition) is 3. The van der Waals surface area contributed by atoms with Crippen molar-refractivity contribution in [2.75, 3.05) is 5.32 Å². The number of H-pyrrole nitrogens is 1. The summed E-state index contributed by atoms with van der Waals surface area (Å²) in [6.07, 6.45) is 0. The number of halogens is 1. The third-order valence-electron chi connectivity index (χ3n) is 4.57. The van der Waals surface area contributed by atoms with Crippen molar-refractivity contribution in [1.29, 1.82) is 0 Å². The van der Waals surface area contributed by atoms with Crippen LogP contribution in [0.5, 0.6) is 0 Å². The van der Waals surface area contributed by atoms with E-state index < -0.39 is 5.82 Å². The van der Waals surface area contributed by atoms with Gasteiger partial charge in [-0.1, -0.05) is 48.5 Å². The Morgan fingerprint density at radius 3 is 2.43 bits per heavy atom. The van der Waals surface area contributed by atoms with Crippen molar-refractivity contribution < 1.29 is 9.18 Å². The van der Waals surface area contributed by atoms with Crippen molar-refractivity contribution in [3.63, 3.8) is 0 Å². The standard InChI is InChI=1S/C23H17FN2O2/c1-14(27)20-22(28)19-12-6-11-18(15-7-3-2-4-8-15)21(19)26-23(20)25-17-10-5-9-16(24)13-17/h2-13H,1H3,(H2,25,26,28). The second-order valence-corrected chi connectivity index (χ2v) is 6.49. The highest BCUT2D eigenvalue weighted by molar-refractivity contribution is 6.04. The van der Waals surface area contributed by atoms with Gasteiger partial charge in [-0.2, -0.15) is 0 Å². The summed E-state index contributed by atoms with van der Waals surface area (Å²) in [6.45, 7) is 1.34. The van der Waals surface area contributed by atoms with Gasteiger partial charge in [-0.15, -0.1) is 0 Å². The molecule has 0 radical (unpaired) electrons. The minimum Gasteiger partial charge on any atom is -0.341 e. The number of ketones is 1. The average Bonchev–Trinajstić information content (AvgIpc) is 2.68. The van der Waals surface area contributed by atoms with E-state index >= 15 is 0 Å². The lowest BCUT2D eigenvalue weighted by Gasteiger charge is -2.14. The van der Waals surface area contributed by atoms with Gasteiger partial charge in [0, 0.05) is 16.6 Å². The molecule has 0 amide bonds. The van der Waals surface area contributed by atoms with E-state index in [1.807, 2.05) is 36.4 Å². The highest BCUT2D eigenvalue weighted by atomic mass is 19.1. The van der Waals surface area contributed by atoms with Crippen LogP contribution in [-0.2, 0) is 0 Å². The van der Waals surface area contributed by atoms with Crippen LogP contribution >= 0.6 is 0 Å². The number of fused-ring (bicyclic) bond motifs is 1. The highest BCUT2D eigenvalue weighted by Gasteiger charge is 2.18. The van der Waals surface area contributed by atoms with Gasteiger partial charge in [-0.05, 0) is 36.8 Å². The van der Waals surface area contributed by atoms with E-state index in [2.05, 4.69) is 10.3 Å². The summed E-state index contributed by atoms with van der Waals surface area (Å²) >= 11 is 0. The van der Waals surface area contributed by atoms with Gasteiger partial charge in [0.2, 0.25) is 5.43 Å². The second kappa shape index (κ2) is 7.12. The van der Waals surface area contributed by atoms with Crippen LogP contribution in [0, 0.1) is 5.82 Å². The molecule has 28 heavy (non-hydrogen) atoms. The summed E-state index contributed by atoms with van der Waals surface area (Å²) in [6, 6.07) is 20.9. The zero-order chi connectivity index (χ0) is 19.7. The minimum atomic E-state index is -0.414. The van der Waals surface area contributed by atoms with Gasteiger partial charge >= 0.3 is 0 Å². The first-order valence-corrected chi connectivity index (χ1v) is 8.82. The third kappa shape index (κ3) is 3.18. The molecule has 3 aromatic carbocycles. The number of carbonyl (C=O) groups is 1. The van der Waals surface area contributed by atoms with E-state index in [1.54, 1.807) is 24.3 Å². The summed E-state index contributed by atoms with van der Waals surface area (Å²) in [5, 5.41) is 3.42. The van der Waals surface area contributed by atoms with Crippen LogP contribution in [0.15, 0.2) is 77.6 Å². The molecule has 0 unspecified atom stereocenters. The molecule has 4 rings (SSSR count). The Labute approximate surface area is 160 Å². The number of aromatic amines is 1. The number of Topliss-reactive ketones (excluding diaryl/α,β-unsaturated/α-hetero) is 1. The van der Waals surface area contributed by atoms with Crippen LogP contribution in [0.1, 0.15) is 17.3 Å². The van der Waals surface area contributed by atoms with Gasteiger partial charge in [0.15, 0.2) is 5.78 Å². The minimum absolute atomic E-state index is 0.0157. The Morgan fingerprint density at radius 1 is 0.964 bits per heavy atom. The van der Waals surface area contributed by atoms with E-state index in [1.165, 1.54) is 19.1 Å². The van der Waals surface area contributed by atoms with Crippen molar-refractivity contribution in [2.24, 2.45) is 0 Å². The molecular formula is C23H17FN2O2. The maximum Gasteiger partial charge on any atom is 0.202 e. The van der Waals surface area contributed by atoms with Gasteiger partial charge in [0.05, 0.1) is 5.52 Å². The molecule has 0 saturated heterocycles. The topological polar surface area (TPSA) is 62.0 Å². The summed E-state index contributed by atoms with van der Waals surface area (Å²) in [5.41, 5.74) is 2.49. The second-order valence-electron chi connectivity index (χ2n) is 6.49. The summed E-state index contributed by atoms with van der Waals surface area (Å²) < 4.78 is 13.6. The summed E-state index contributed by atoms with van der Waals surface area (Å²) in [4.78, 5) is 28.5. The zero-order valence-corrected chi connectivity index (χ0v) is 15.1. The Bertz CT molecular complexity index is 1250. The number of rotatable bonds is 4. The Hall–Kier alpha value is -3.73. The van der Waals surface area contributed by atoms with Crippen LogP contribution < -0.4 is 10.7 Å². The Kier molecular flexibility index (Phi) is 4.49. The molecule has 2 N–H and O–H groups in total. The monoisotopic (exact) mass is 372 g/mol. The molecule has 4 aromatic rings. The number of aromatic nitrogens is 1. The number of pyridine rings is 1. The van der Waals surface area contributed by atoms with Gasteiger partial charge in [-0.3, -0.25) is 9.59 Å². The number of nitrogens with one attached hydrogen (secondary N) is 2. The Morgan fingerprint density at radius 2 is 1.71 bits per heavy atom. The van der Waals surface area contributed by atoms with Crippen molar-refractivity contribution in [3.05, 3.63) is 94.4 Å². The molecule has 138 valence electrons. The third-order valence-corrected chi connectivity index (χ3v) is 4.57. The first-order valence-electron chi connectivity index (χ1n) is 8.82. The molecule has 0 fully saturated rings. The number of carbonyl (C=O) groups excluding carboxylic acids is 1. The lowest BCUT2D eigenvalue weighted by atomic mass is 10.00. The molecule has 0 spiro atoms. The summed E-state index contributed by atoms with van der Waals surface area (Å²) in [7, 11) is 0. The van der Waals surface area contributed by atoms with Gasteiger partial charge in [-0.25, -0.2) is 4.39 Å². The van der Waals surface area contributed by atoms with Crippen molar-refractivity contribution in [1.82, 2.24) is 4.98 Å². The normalized spacial score (nSPS) is 10.8. The fraction of sp³-hybridized carbons (Fsp3) is 0.0435. The molecular weight excluding hydrogens is 355 g/mol. The fourth-order valence-corrected chi connectivity index (χ4v) is 3.31. The van der Waals surface area contributed by atoms with Gasteiger partial charge in [0.25, 0.3) is 0 Å². The summed E-state index contributed by atoms with van der Waals surface area (Å²) in [5.74, 6) is -0.534. The molecule has 0 saturated carbocycles. The van der Waals surface area contributed by atoms with E-state index in [-0.39, 0.29) is 22.6 Å². The van der Waals surface area contributed by atoms with Crippen molar-refractivity contribution in [3.8, 4) is 11.1 Å². The van der Waals surface area contributed by atoms with Crippen LogP contribution in [0.25, 0.3) is 22.0 Å².